The van der Waals surface area contributed by atoms with Crippen molar-refractivity contribution in [3.63, 3.8) is 0 Å². The Morgan fingerprint density at radius 3 is 1.96 bits per heavy atom. The Balaban J connectivity index is 4.22. The molecule has 0 N–H and O–H groups in total. The van der Waals surface area contributed by atoms with E-state index in [-0.39, 0.29) is 12.6 Å². The molecule has 0 radical (unpaired) electrons. The lowest BCUT2D eigenvalue weighted by atomic mass is 10.1. The smallest absolute Gasteiger partial charge is 0.382 e. The second kappa shape index (κ2) is 12.5. The molecule has 0 aliphatic heterocycles. The van der Waals surface area contributed by atoms with Crippen LogP contribution in [0, 0.1) is 5.92 Å². The number of ether oxygens (including phenoxy) is 2. The van der Waals surface area contributed by atoms with Gasteiger partial charge in [-0.2, -0.15) is 0 Å². The fourth-order valence-corrected chi connectivity index (χ4v) is 8.85. The molecular weight excluding hydrogens is 335 g/mol. The van der Waals surface area contributed by atoms with Gasteiger partial charge in [-0.25, -0.2) is 0 Å². The molecule has 0 aromatic rings. The van der Waals surface area contributed by atoms with Crippen molar-refractivity contribution in [3.05, 3.63) is 0 Å². The largest absolute Gasteiger partial charge is 0.499 e. The fraction of sp³-hybridized carbons (Fsp3) is 1.00. The van der Waals surface area contributed by atoms with Gasteiger partial charge in [0.05, 0.1) is 26.5 Å². The summed E-state index contributed by atoms with van der Waals surface area (Å²) >= 11 is 0. The summed E-state index contributed by atoms with van der Waals surface area (Å²) in [7, 11) is 2.61. The van der Waals surface area contributed by atoms with Gasteiger partial charge in [-0.1, -0.05) is 25.2 Å². The van der Waals surface area contributed by atoms with Crippen LogP contribution in [0.15, 0.2) is 0 Å². The Morgan fingerprint density at radius 2 is 1.48 bits per heavy atom. The minimum atomic E-state index is -2.50. The van der Waals surface area contributed by atoms with Crippen LogP contribution in [0.3, 0.4) is 0 Å². The Morgan fingerprint density at radius 1 is 0.870 bits per heavy atom. The highest BCUT2D eigenvalue weighted by Gasteiger charge is 2.39. The molecule has 140 valence electrons. The molecule has 0 amide bonds. The highest BCUT2D eigenvalue weighted by molar-refractivity contribution is 6.79. The van der Waals surface area contributed by atoms with Crippen molar-refractivity contribution in [2.24, 2.45) is 5.92 Å². The van der Waals surface area contributed by atoms with E-state index in [4.69, 9.17) is 22.8 Å². The SMILES string of the molecule is COCCOCC(CF)CC[Si](C)(C)CC[Si](OC)(OC)OC. The van der Waals surface area contributed by atoms with Crippen molar-refractivity contribution < 1.29 is 27.1 Å². The highest BCUT2D eigenvalue weighted by Crippen LogP contribution is 2.27. The monoisotopic (exact) mass is 370 g/mol. The molecule has 0 fully saturated rings. The zero-order chi connectivity index (χ0) is 17.8. The Bertz CT molecular complexity index is 283. The predicted octanol–water partition coefficient (Wildman–Crippen LogP) is 3.21. The molecule has 23 heavy (non-hydrogen) atoms. The second-order valence-electron chi connectivity index (χ2n) is 6.59. The fourth-order valence-electron chi connectivity index (χ4n) is 2.36. The summed E-state index contributed by atoms with van der Waals surface area (Å²) in [5.74, 6) is -0.0205. The molecular formula is C15H35FO5Si2. The van der Waals surface area contributed by atoms with Crippen LogP contribution in [0.25, 0.3) is 0 Å². The first-order valence-electron chi connectivity index (χ1n) is 8.16. The van der Waals surface area contributed by atoms with Crippen molar-refractivity contribution in [1.29, 1.82) is 0 Å². The Hall–Kier alpha value is 0.164. The molecule has 0 aromatic carbocycles. The molecule has 1 atom stereocenters. The number of methoxy groups -OCH3 is 1. The number of hydrogen-bond acceptors (Lipinski definition) is 5. The molecule has 0 rings (SSSR count). The van der Waals surface area contributed by atoms with Crippen molar-refractivity contribution in [1.82, 2.24) is 0 Å². The third-order valence-corrected chi connectivity index (χ3v) is 10.7. The van der Waals surface area contributed by atoms with E-state index in [0.717, 1.165) is 24.6 Å². The van der Waals surface area contributed by atoms with Crippen molar-refractivity contribution in [2.45, 2.75) is 37.6 Å². The van der Waals surface area contributed by atoms with E-state index in [1.54, 1.807) is 28.4 Å². The van der Waals surface area contributed by atoms with E-state index in [1.165, 1.54) is 0 Å². The van der Waals surface area contributed by atoms with Crippen LogP contribution in [0.2, 0.25) is 31.2 Å². The molecule has 5 nitrogen and oxygen atoms in total. The van der Waals surface area contributed by atoms with Crippen LogP contribution in [0.5, 0.6) is 0 Å². The average Bonchev–Trinajstić information content (AvgIpc) is 2.56. The van der Waals surface area contributed by atoms with Crippen LogP contribution >= 0.6 is 0 Å². The minimum Gasteiger partial charge on any atom is -0.382 e. The summed E-state index contributed by atoms with van der Waals surface area (Å²) in [6.45, 7) is 5.87. The number of halogens is 1. The van der Waals surface area contributed by atoms with Crippen LogP contribution in [0.1, 0.15) is 6.42 Å². The van der Waals surface area contributed by atoms with Gasteiger partial charge < -0.3 is 22.8 Å². The molecule has 8 heteroatoms. The number of rotatable bonds is 15. The number of alkyl halides is 1. The summed E-state index contributed by atoms with van der Waals surface area (Å²) in [4.78, 5) is 0. The standard InChI is InChI=1S/C15H35FO5Si2/c1-17-8-9-21-14-15(13-16)7-10-22(5,6)11-12-23(18-2,19-3)20-4/h15H,7-14H2,1-6H3. The van der Waals surface area contributed by atoms with E-state index in [2.05, 4.69) is 13.1 Å². The maximum Gasteiger partial charge on any atom is 0.499 e. The first kappa shape index (κ1) is 23.2. The summed E-state index contributed by atoms with van der Waals surface area (Å²) < 4.78 is 39.9. The summed E-state index contributed by atoms with van der Waals surface area (Å²) in [5, 5.41) is 0. The predicted molar refractivity (Wildman–Crippen MR) is 95.5 cm³/mol. The first-order chi connectivity index (χ1) is 10.9. The van der Waals surface area contributed by atoms with Crippen LogP contribution in [-0.2, 0) is 22.8 Å². The molecule has 0 heterocycles. The van der Waals surface area contributed by atoms with Crippen LogP contribution in [-0.4, -0.2) is 71.8 Å². The normalized spacial score (nSPS) is 14.2. The van der Waals surface area contributed by atoms with E-state index in [0.29, 0.717) is 19.8 Å². The van der Waals surface area contributed by atoms with Gasteiger partial charge in [0.15, 0.2) is 0 Å². The zero-order valence-electron chi connectivity index (χ0n) is 15.7. The van der Waals surface area contributed by atoms with Crippen molar-refractivity contribution >= 4 is 16.9 Å². The molecule has 0 bridgehead atoms. The van der Waals surface area contributed by atoms with Gasteiger partial charge in [0.2, 0.25) is 0 Å². The molecule has 1 unspecified atom stereocenters. The quantitative estimate of drug-likeness (QED) is 0.327. The van der Waals surface area contributed by atoms with Gasteiger partial charge in [-0.05, 0) is 6.42 Å². The first-order valence-corrected chi connectivity index (χ1v) is 13.5. The van der Waals surface area contributed by atoms with E-state index in [1.807, 2.05) is 0 Å². The lowest BCUT2D eigenvalue weighted by molar-refractivity contribution is 0.0454. The van der Waals surface area contributed by atoms with Gasteiger partial charge in [0.1, 0.15) is 0 Å². The van der Waals surface area contributed by atoms with Crippen molar-refractivity contribution in [2.75, 3.05) is 54.9 Å². The molecule has 0 aliphatic rings. The minimum absolute atomic E-state index is 0.0205. The van der Waals surface area contributed by atoms with Crippen LogP contribution < -0.4 is 0 Å². The molecule has 0 saturated carbocycles. The lowest BCUT2D eigenvalue weighted by Crippen LogP contribution is -2.44. The second-order valence-corrected chi connectivity index (χ2v) is 15.0. The maximum absolute atomic E-state index is 13.1. The molecule has 0 spiro atoms. The Kier molecular flexibility index (Phi) is 12.6. The molecule has 0 saturated heterocycles. The molecule has 0 aromatic heterocycles. The third-order valence-electron chi connectivity index (χ3n) is 4.27. The number of hydrogen-bond donors (Lipinski definition) is 0. The van der Waals surface area contributed by atoms with Gasteiger partial charge in [-0.3, -0.25) is 4.39 Å². The average molecular weight is 371 g/mol. The van der Waals surface area contributed by atoms with Crippen LogP contribution in [0.4, 0.5) is 4.39 Å². The summed E-state index contributed by atoms with van der Waals surface area (Å²) in [5.41, 5.74) is 0. The molecule has 0 aliphatic carbocycles. The summed E-state index contributed by atoms with van der Waals surface area (Å²) in [6, 6.07) is 2.94. The maximum atomic E-state index is 13.1. The Labute approximate surface area is 143 Å². The van der Waals surface area contributed by atoms with E-state index < -0.39 is 16.9 Å². The van der Waals surface area contributed by atoms with E-state index >= 15 is 0 Å². The lowest BCUT2D eigenvalue weighted by Gasteiger charge is -2.29. The van der Waals surface area contributed by atoms with Gasteiger partial charge in [0, 0.05) is 48.5 Å². The summed E-state index contributed by atoms with van der Waals surface area (Å²) in [6.07, 6.45) is 0.865. The topological polar surface area (TPSA) is 46.2 Å². The highest BCUT2D eigenvalue weighted by atomic mass is 28.4. The van der Waals surface area contributed by atoms with Gasteiger partial charge >= 0.3 is 8.80 Å². The zero-order valence-corrected chi connectivity index (χ0v) is 17.7. The van der Waals surface area contributed by atoms with Gasteiger partial charge in [-0.15, -0.1) is 0 Å². The third kappa shape index (κ3) is 9.90. The van der Waals surface area contributed by atoms with E-state index in [9.17, 15) is 4.39 Å². The van der Waals surface area contributed by atoms with Crippen molar-refractivity contribution in [3.8, 4) is 0 Å². The van der Waals surface area contributed by atoms with Gasteiger partial charge in [0.25, 0.3) is 0 Å².